The zero-order chi connectivity index (χ0) is 14.7. The largest absolute Gasteiger partial charge is 0.369 e. The van der Waals surface area contributed by atoms with E-state index >= 15 is 0 Å². The van der Waals surface area contributed by atoms with Gasteiger partial charge in [0.05, 0.1) is 5.69 Å². The number of hydrogen-bond donors (Lipinski definition) is 0. The Morgan fingerprint density at radius 1 is 1.05 bits per heavy atom. The lowest BCUT2D eigenvalue weighted by molar-refractivity contribution is 0.141. The molecule has 3 rings (SSSR count). The molecule has 21 heavy (non-hydrogen) atoms. The molecular formula is C17H24ClFN2. The van der Waals surface area contributed by atoms with Crippen molar-refractivity contribution < 1.29 is 4.39 Å². The van der Waals surface area contributed by atoms with Crippen LogP contribution in [0.2, 0.25) is 0 Å². The van der Waals surface area contributed by atoms with Gasteiger partial charge in [-0.05, 0) is 50.4 Å². The highest BCUT2D eigenvalue weighted by atomic mass is 35.5. The molecule has 4 heteroatoms. The van der Waals surface area contributed by atoms with E-state index < -0.39 is 0 Å². The predicted octanol–water partition coefficient (Wildman–Crippen LogP) is 4.02. The molecule has 0 radical (unpaired) electrons. The molecule has 0 bridgehead atoms. The van der Waals surface area contributed by atoms with Crippen LogP contribution in [0.3, 0.4) is 0 Å². The molecule has 2 fully saturated rings. The normalized spacial score (nSPS) is 21.7. The van der Waals surface area contributed by atoms with Crippen LogP contribution in [0, 0.1) is 5.82 Å². The molecule has 2 heterocycles. The van der Waals surface area contributed by atoms with Gasteiger partial charge in [0.25, 0.3) is 0 Å². The Morgan fingerprint density at radius 2 is 1.76 bits per heavy atom. The first kappa shape index (κ1) is 15.1. The molecule has 0 amide bonds. The Labute approximate surface area is 131 Å². The highest BCUT2D eigenvalue weighted by Crippen LogP contribution is 2.30. The van der Waals surface area contributed by atoms with Crippen LogP contribution in [0.5, 0.6) is 0 Å². The minimum atomic E-state index is -0.135. The Kier molecular flexibility index (Phi) is 5.02. The van der Waals surface area contributed by atoms with Crippen LogP contribution in [0.25, 0.3) is 0 Å². The lowest BCUT2D eigenvalue weighted by atomic mass is 9.99. The summed E-state index contributed by atoms with van der Waals surface area (Å²) in [5.41, 5.74) is 1.64. The van der Waals surface area contributed by atoms with Crippen LogP contribution < -0.4 is 4.90 Å². The van der Waals surface area contributed by atoms with E-state index in [1.165, 1.54) is 32.4 Å². The van der Waals surface area contributed by atoms with Crippen molar-refractivity contribution in [2.75, 3.05) is 31.1 Å². The third-order valence-corrected chi connectivity index (χ3v) is 5.19. The Morgan fingerprint density at radius 3 is 2.43 bits per heavy atom. The van der Waals surface area contributed by atoms with E-state index in [-0.39, 0.29) is 5.82 Å². The first-order valence-electron chi connectivity index (χ1n) is 8.12. The van der Waals surface area contributed by atoms with E-state index in [9.17, 15) is 4.39 Å². The van der Waals surface area contributed by atoms with E-state index in [2.05, 4.69) is 9.80 Å². The molecule has 0 atom stereocenters. The lowest BCUT2D eigenvalue weighted by Gasteiger charge is -2.41. The summed E-state index contributed by atoms with van der Waals surface area (Å²) in [6, 6.07) is 5.91. The molecule has 0 N–H and O–H groups in total. The third kappa shape index (κ3) is 3.35. The standard InChI is InChI=1S/C17H24ClFN2/c18-13-14-5-4-6-16(19)17(14)21-11-7-15(8-12-21)20-9-2-1-3-10-20/h4-6,15H,1-3,7-13H2. The highest BCUT2D eigenvalue weighted by Gasteiger charge is 2.27. The number of likely N-dealkylation sites (tertiary alicyclic amines) is 1. The van der Waals surface area contributed by atoms with Crippen molar-refractivity contribution in [1.82, 2.24) is 4.90 Å². The molecule has 1 aromatic carbocycles. The first-order chi connectivity index (χ1) is 10.3. The number of nitrogens with zero attached hydrogens (tertiary/aromatic N) is 2. The van der Waals surface area contributed by atoms with Crippen LogP contribution >= 0.6 is 11.6 Å². The van der Waals surface area contributed by atoms with Gasteiger partial charge >= 0.3 is 0 Å². The maximum absolute atomic E-state index is 14.2. The van der Waals surface area contributed by atoms with Crippen molar-refractivity contribution in [3.8, 4) is 0 Å². The third-order valence-electron chi connectivity index (χ3n) is 4.90. The number of alkyl halides is 1. The number of anilines is 1. The van der Waals surface area contributed by atoms with Crippen LogP contribution in [0.15, 0.2) is 18.2 Å². The second-order valence-corrected chi connectivity index (χ2v) is 6.46. The van der Waals surface area contributed by atoms with Crippen LogP contribution in [-0.2, 0) is 5.88 Å². The van der Waals surface area contributed by atoms with Gasteiger partial charge in [-0.3, -0.25) is 0 Å². The molecule has 116 valence electrons. The topological polar surface area (TPSA) is 6.48 Å². The van der Waals surface area contributed by atoms with Crippen LogP contribution in [0.4, 0.5) is 10.1 Å². The molecule has 0 spiro atoms. The van der Waals surface area contributed by atoms with E-state index in [1.54, 1.807) is 12.1 Å². The lowest BCUT2D eigenvalue weighted by Crippen LogP contribution is -2.47. The summed E-state index contributed by atoms with van der Waals surface area (Å²) in [6.07, 6.45) is 6.32. The fourth-order valence-electron chi connectivity index (χ4n) is 3.76. The monoisotopic (exact) mass is 310 g/mol. The Balaban J connectivity index is 1.65. The van der Waals surface area contributed by atoms with Crippen LogP contribution in [-0.4, -0.2) is 37.1 Å². The van der Waals surface area contributed by atoms with E-state index in [1.807, 2.05) is 6.07 Å². The van der Waals surface area contributed by atoms with Crippen molar-refractivity contribution in [2.24, 2.45) is 0 Å². The fourth-order valence-corrected chi connectivity index (χ4v) is 3.98. The van der Waals surface area contributed by atoms with Crippen molar-refractivity contribution in [3.63, 3.8) is 0 Å². The summed E-state index contributed by atoms with van der Waals surface area (Å²) >= 11 is 5.97. The quantitative estimate of drug-likeness (QED) is 0.778. The minimum Gasteiger partial charge on any atom is -0.369 e. The zero-order valence-electron chi connectivity index (χ0n) is 12.5. The van der Waals surface area contributed by atoms with Crippen molar-refractivity contribution in [1.29, 1.82) is 0 Å². The molecule has 2 saturated heterocycles. The summed E-state index contributed by atoms with van der Waals surface area (Å²) in [6.45, 7) is 4.37. The number of benzene rings is 1. The maximum Gasteiger partial charge on any atom is 0.146 e. The van der Waals surface area contributed by atoms with E-state index in [0.29, 0.717) is 11.9 Å². The number of rotatable bonds is 3. The number of piperidine rings is 2. The van der Waals surface area contributed by atoms with Crippen molar-refractivity contribution in [3.05, 3.63) is 29.6 Å². The SMILES string of the molecule is Fc1cccc(CCl)c1N1CCC(N2CCCCC2)CC1. The molecule has 0 saturated carbocycles. The van der Waals surface area contributed by atoms with Gasteiger partial charge in [-0.15, -0.1) is 11.6 Å². The minimum absolute atomic E-state index is 0.135. The van der Waals surface area contributed by atoms with Gasteiger partial charge in [0, 0.05) is 25.0 Å². The molecule has 2 nitrogen and oxygen atoms in total. The van der Waals surface area contributed by atoms with Crippen molar-refractivity contribution in [2.45, 2.75) is 44.0 Å². The Hall–Kier alpha value is -0.800. The maximum atomic E-state index is 14.2. The average Bonchev–Trinajstić information content (AvgIpc) is 2.55. The molecule has 0 aliphatic carbocycles. The van der Waals surface area contributed by atoms with Gasteiger partial charge in [0.15, 0.2) is 0 Å². The Bertz CT molecular complexity index is 466. The summed E-state index contributed by atoms with van der Waals surface area (Å²) < 4.78 is 14.2. The van der Waals surface area contributed by atoms with E-state index in [4.69, 9.17) is 11.6 Å². The van der Waals surface area contributed by atoms with Gasteiger partial charge in [0.2, 0.25) is 0 Å². The summed E-state index contributed by atoms with van der Waals surface area (Å²) in [5, 5.41) is 0. The van der Waals surface area contributed by atoms with Crippen molar-refractivity contribution >= 4 is 17.3 Å². The molecule has 0 unspecified atom stereocenters. The highest BCUT2D eigenvalue weighted by molar-refractivity contribution is 6.17. The second kappa shape index (κ2) is 6.97. The molecule has 0 aromatic heterocycles. The average molecular weight is 311 g/mol. The van der Waals surface area contributed by atoms with Gasteiger partial charge in [-0.1, -0.05) is 18.6 Å². The molecule has 1 aromatic rings. The number of halogens is 2. The summed E-state index contributed by atoms with van der Waals surface area (Å²) in [5.74, 6) is 0.239. The molecule has 2 aliphatic rings. The number of para-hydroxylation sites is 1. The molecule has 2 aliphatic heterocycles. The van der Waals surface area contributed by atoms with Gasteiger partial charge in [-0.2, -0.15) is 0 Å². The smallest absolute Gasteiger partial charge is 0.146 e. The second-order valence-electron chi connectivity index (χ2n) is 6.20. The zero-order valence-corrected chi connectivity index (χ0v) is 13.3. The van der Waals surface area contributed by atoms with E-state index in [0.717, 1.165) is 37.2 Å². The summed E-state index contributed by atoms with van der Waals surface area (Å²) in [7, 11) is 0. The van der Waals surface area contributed by atoms with Gasteiger partial charge < -0.3 is 9.80 Å². The molecular weight excluding hydrogens is 287 g/mol. The predicted molar refractivity (Wildman–Crippen MR) is 86.6 cm³/mol. The van der Waals surface area contributed by atoms with Crippen LogP contribution in [0.1, 0.15) is 37.7 Å². The fraction of sp³-hybridized carbons (Fsp3) is 0.647. The number of hydrogen-bond acceptors (Lipinski definition) is 2. The van der Waals surface area contributed by atoms with Gasteiger partial charge in [-0.25, -0.2) is 4.39 Å². The van der Waals surface area contributed by atoms with Gasteiger partial charge in [0.1, 0.15) is 5.82 Å². The summed E-state index contributed by atoms with van der Waals surface area (Å²) in [4.78, 5) is 4.83. The first-order valence-corrected chi connectivity index (χ1v) is 8.65.